The molecule has 5 rings (SSSR count). The summed E-state index contributed by atoms with van der Waals surface area (Å²) >= 11 is 0. The summed E-state index contributed by atoms with van der Waals surface area (Å²) in [6.45, 7) is 7.86. The second-order valence-corrected chi connectivity index (χ2v) is 10.9. The molecular formula is C26H34F2N8O3. The largest absolute Gasteiger partial charge is 0.465 e. The molecule has 3 heterocycles. The summed E-state index contributed by atoms with van der Waals surface area (Å²) < 4.78 is 34.9. The Bertz CT molecular complexity index is 1310. The van der Waals surface area contributed by atoms with Gasteiger partial charge in [0.25, 0.3) is 6.43 Å². The van der Waals surface area contributed by atoms with E-state index in [0.717, 1.165) is 0 Å². The van der Waals surface area contributed by atoms with Crippen LogP contribution in [0, 0.1) is 0 Å². The van der Waals surface area contributed by atoms with Crippen molar-refractivity contribution in [2.24, 2.45) is 0 Å². The van der Waals surface area contributed by atoms with Gasteiger partial charge in [0.2, 0.25) is 17.8 Å². The molecule has 2 fully saturated rings. The minimum Gasteiger partial charge on any atom is -0.465 e. The van der Waals surface area contributed by atoms with Crippen molar-refractivity contribution in [3.05, 3.63) is 30.1 Å². The maximum Gasteiger partial charge on any atom is 0.407 e. The lowest BCUT2D eigenvalue weighted by molar-refractivity contribution is 0.0556. The zero-order chi connectivity index (χ0) is 27.7. The molecule has 0 bridgehead atoms. The van der Waals surface area contributed by atoms with Gasteiger partial charge in [-0.25, -0.2) is 18.6 Å². The summed E-state index contributed by atoms with van der Waals surface area (Å²) in [7, 11) is 0. The topological polar surface area (TPSA) is 122 Å². The standard InChI is InChI=1S/C26H34F2N8O3/c1-26(2,3)36(25(37)38)17-10-8-16(9-11-17)29-22-31-23(34-12-14-39-15-13-34)33-24(32-22)35-19-7-5-4-6-18(19)30-21(35)20(27)28/h4-7,16-17,20H,8-15H2,1-3H3,(H,37,38)(H,29,31,32,33). The van der Waals surface area contributed by atoms with Crippen molar-refractivity contribution < 1.29 is 23.4 Å². The van der Waals surface area contributed by atoms with Gasteiger partial charge in [-0.15, -0.1) is 0 Å². The number of amides is 1. The van der Waals surface area contributed by atoms with Gasteiger partial charge in [0.05, 0.1) is 24.2 Å². The number of imidazole rings is 1. The molecule has 0 radical (unpaired) electrons. The molecule has 1 aliphatic heterocycles. The summed E-state index contributed by atoms with van der Waals surface area (Å²) in [5, 5.41) is 13.2. The van der Waals surface area contributed by atoms with Crippen molar-refractivity contribution in [3.63, 3.8) is 0 Å². The molecule has 13 heteroatoms. The maximum atomic E-state index is 14.1. The molecule has 0 spiro atoms. The van der Waals surface area contributed by atoms with Crippen LogP contribution >= 0.6 is 0 Å². The lowest BCUT2D eigenvalue weighted by atomic mass is 9.88. The minimum absolute atomic E-state index is 0.00115. The van der Waals surface area contributed by atoms with Crippen molar-refractivity contribution >= 4 is 29.0 Å². The van der Waals surface area contributed by atoms with E-state index in [9.17, 15) is 18.7 Å². The number of hydrogen-bond donors (Lipinski definition) is 2. The Morgan fingerprint density at radius 2 is 1.72 bits per heavy atom. The van der Waals surface area contributed by atoms with E-state index in [1.54, 1.807) is 24.3 Å². The van der Waals surface area contributed by atoms with E-state index in [0.29, 0.717) is 69.0 Å². The van der Waals surface area contributed by atoms with Gasteiger partial charge >= 0.3 is 6.09 Å². The first-order valence-electron chi connectivity index (χ1n) is 13.3. The fourth-order valence-corrected chi connectivity index (χ4v) is 5.48. The van der Waals surface area contributed by atoms with Gasteiger partial charge in [-0.2, -0.15) is 15.0 Å². The number of ether oxygens (including phenoxy) is 1. The number of para-hydroxylation sites is 2. The predicted octanol–water partition coefficient (Wildman–Crippen LogP) is 4.49. The molecule has 0 unspecified atom stereocenters. The minimum atomic E-state index is -2.83. The maximum absolute atomic E-state index is 14.1. The number of alkyl halides is 2. The number of carboxylic acid groups (broad SMARTS) is 1. The van der Waals surface area contributed by atoms with Crippen LogP contribution in [0.15, 0.2) is 24.3 Å². The van der Waals surface area contributed by atoms with Crippen LogP contribution < -0.4 is 10.2 Å². The summed E-state index contributed by atoms with van der Waals surface area (Å²) in [5.74, 6) is 0.297. The number of anilines is 2. The van der Waals surface area contributed by atoms with Crippen molar-refractivity contribution in [2.75, 3.05) is 36.5 Å². The van der Waals surface area contributed by atoms with Gasteiger partial charge in [-0.05, 0) is 58.6 Å². The van der Waals surface area contributed by atoms with Gasteiger partial charge in [0, 0.05) is 30.7 Å². The normalized spacial score (nSPS) is 20.4. The molecular weight excluding hydrogens is 510 g/mol. The fourth-order valence-electron chi connectivity index (χ4n) is 5.48. The van der Waals surface area contributed by atoms with Gasteiger partial charge in [-0.1, -0.05) is 12.1 Å². The van der Waals surface area contributed by atoms with Crippen LogP contribution in [0.25, 0.3) is 17.0 Å². The third-order valence-corrected chi connectivity index (χ3v) is 7.21. The van der Waals surface area contributed by atoms with Crippen molar-refractivity contribution in [1.29, 1.82) is 0 Å². The zero-order valence-electron chi connectivity index (χ0n) is 22.3. The SMILES string of the molecule is CC(C)(C)N(C(=O)O)C1CCC(Nc2nc(N3CCOCC3)nc(-n3c(C(F)F)nc4ccccc43)n2)CC1. The smallest absolute Gasteiger partial charge is 0.407 e. The van der Waals surface area contributed by atoms with E-state index in [1.165, 1.54) is 9.47 Å². The number of rotatable bonds is 6. The molecule has 2 aromatic heterocycles. The van der Waals surface area contributed by atoms with Crippen molar-refractivity contribution in [2.45, 2.75) is 70.5 Å². The van der Waals surface area contributed by atoms with Crippen LogP contribution in [0.3, 0.4) is 0 Å². The van der Waals surface area contributed by atoms with Crippen molar-refractivity contribution in [3.8, 4) is 5.95 Å². The first-order valence-corrected chi connectivity index (χ1v) is 13.3. The first kappa shape index (κ1) is 27.0. The van der Waals surface area contributed by atoms with Crippen LogP contribution in [-0.2, 0) is 4.74 Å². The summed E-state index contributed by atoms with van der Waals surface area (Å²) in [4.78, 5) is 33.4. The molecule has 11 nitrogen and oxygen atoms in total. The van der Waals surface area contributed by atoms with Crippen LogP contribution in [0.1, 0.15) is 58.7 Å². The van der Waals surface area contributed by atoms with E-state index in [1.807, 2.05) is 25.7 Å². The molecule has 2 aliphatic rings. The summed E-state index contributed by atoms with van der Waals surface area (Å²) in [5.41, 5.74) is 0.410. The lowest BCUT2D eigenvalue weighted by Crippen LogP contribution is -2.52. The number of nitrogens with zero attached hydrogens (tertiary/aromatic N) is 7. The Labute approximate surface area is 225 Å². The summed E-state index contributed by atoms with van der Waals surface area (Å²) in [6, 6.07) is 6.82. The third kappa shape index (κ3) is 5.72. The Hall–Kier alpha value is -3.61. The third-order valence-electron chi connectivity index (χ3n) is 7.21. The average Bonchev–Trinajstić information content (AvgIpc) is 3.29. The number of aromatic nitrogens is 5. The monoisotopic (exact) mass is 544 g/mol. The Kier molecular flexibility index (Phi) is 7.52. The van der Waals surface area contributed by atoms with Gasteiger partial charge < -0.3 is 25.0 Å². The highest BCUT2D eigenvalue weighted by Crippen LogP contribution is 2.31. The second kappa shape index (κ2) is 10.9. The fraction of sp³-hybridized carbons (Fsp3) is 0.577. The van der Waals surface area contributed by atoms with Gasteiger partial charge in [0.1, 0.15) is 0 Å². The van der Waals surface area contributed by atoms with Crippen LogP contribution in [0.2, 0.25) is 0 Å². The quantitative estimate of drug-likeness (QED) is 0.462. The average molecular weight is 545 g/mol. The molecule has 2 N–H and O–H groups in total. The van der Waals surface area contributed by atoms with E-state index >= 15 is 0 Å². The number of fused-ring (bicyclic) bond motifs is 1. The molecule has 1 amide bonds. The van der Waals surface area contributed by atoms with Crippen molar-refractivity contribution in [1.82, 2.24) is 29.4 Å². The molecule has 210 valence electrons. The number of nitrogens with one attached hydrogen (secondary N) is 1. The predicted molar refractivity (Wildman–Crippen MR) is 142 cm³/mol. The number of hydrogen-bond acceptors (Lipinski definition) is 8. The number of benzene rings is 1. The molecule has 1 aromatic carbocycles. The zero-order valence-corrected chi connectivity index (χ0v) is 22.3. The highest BCUT2D eigenvalue weighted by Gasteiger charge is 2.36. The summed E-state index contributed by atoms with van der Waals surface area (Å²) in [6.07, 6.45) is -0.927. The molecule has 0 atom stereocenters. The molecule has 39 heavy (non-hydrogen) atoms. The van der Waals surface area contributed by atoms with E-state index < -0.39 is 23.9 Å². The van der Waals surface area contributed by atoms with Crippen LogP contribution in [0.4, 0.5) is 25.5 Å². The van der Waals surface area contributed by atoms with Gasteiger partial charge in [-0.3, -0.25) is 4.57 Å². The highest BCUT2D eigenvalue weighted by atomic mass is 19.3. The van der Waals surface area contributed by atoms with E-state index in [2.05, 4.69) is 25.3 Å². The second-order valence-electron chi connectivity index (χ2n) is 10.9. The molecule has 1 saturated carbocycles. The number of carbonyl (C=O) groups is 1. The Morgan fingerprint density at radius 3 is 2.36 bits per heavy atom. The van der Waals surface area contributed by atoms with E-state index in [4.69, 9.17) is 4.74 Å². The Balaban J connectivity index is 1.45. The van der Waals surface area contributed by atoms with Crippen LogP contribution in [0.5, 0.6) is 0 Å². The van der Waals surface area contributed by atoms with Gasteiger partial charge in [0.15, 0.2) is 5.82 Å². The molecule has 3 aromatic rings. The number of halogens is 2. The van der Waals surface area contributed by atoms with E-state index in [-0.39, 0.29) is 24.0 Å². The highest BCUT2D eigenvalue weighted by molar-refractivity contribution is 5.77. The number of morpholine rings is 1. The molecule has 1 aliphatic carbocycles. The lowest BCUT2D eigenvalue weighted by Gasteiger charge is -2.42. The molecule has 1 saturated heterocycles. The van der Waals surface area contributed by atoms with Crippen LogP contribution in [-0.4, -0.2) is 84.5 Å². The Morgan fingerprint density at radius 1 is 1.05 bits per heavy atom. The first-order chi connectivity index (χ1) is 18.6.